The van der Waals surface area contributed by atoms with E-state index in [1.165, 1.54) is 11.8 Å². The lowest BCUT2D eigenvalue weighted by Gasteiger charge is -2.27. The fraction of sp³-hybridized carbons (Fsp3) is 0.333. The molecule has 4 heteroatoms. The highest BCUT2D eigenvalue weighted by Gasteiger charge is 2.24. The molecule has 3 nitrogen and oxygen atoms in total. The normalized spacial score (nSPS) is 13.5. The van der Waals surface area contributed by atoms with Gasteiger partial charge in [-0.2, -0.15) is 0 Å². The van der Waals surface area contributed by atoms with Crippen molar-refractivity contribution in [2.45, 2.75) is 52.4 Å². The highest BCUT2D eigenvalue weighted by Crippen LogP contribution is 2.39. The fourth-order valence-corrected chi connectivity index (χ4v) is 4.08. The van der Waals surface area contributed by atoms with E-state index in [-0.39, 0.29) is 26.0 Å². The number of nitrogens with two attached hydrogens (primary N) is 2. The van der Waals surface area contributed by atoms with Gasteiger partial charge < -0.3 is 16.6 Å². The molecule has 0 aliphatic carbocycles. The molecule has 0 heterocycles. The van der Waals surface area contributed by atoms with E-state index in [9.17, 15) is 5.11 Å². The van der Waals surface area contributed by atoms with Gasteiger partial charge in [-0.15, -0.1) is 4.44 Å². The molecule has 2 aromatic rings. The van der Waals surface area contributed by atoms with E-state index in [2.05, 4.69) is 71.9 Å². The van der Waals surface area contributed by atoms with Crippen LogP contribution in [0.5, 0.6) is 5.75 Å². The number of hydrogen-bond acceptors (Lipinski definition) is 3. The molecule has 0 aliphatic heterocycles. The van der Waals surface area contributed by atoms with Crippen molar-refractivity contribution in [1.82, 2.24) is 0 Å². The monoisotopic (exact) mass is 391 g/mol. The molecule has 0 saturated carbocycles. The van der Waals surface area contributed by atoms with Crippen LogP contribution in [0.15, 0.2) is 53.2 Å². The van der Waals surface area contributed by atoms with Crippen LogP contribution in [0.25, 0.3) is 10.5 Å². The van der Waals surface area contributed by atoms with E-state index < -0.39 is 0 Å². The van der Waals surface area contributed by atoms with Crippen molar-refractivity contribution in [3.05, 3.63) is 75.5 Å². The number of phenolic OH excluding ortho intramolecular Hbond substituents is 1. The first-order chi connectivity index (χ1) is 12.9. The van der Waals surface area contributed by atoms with Crippen LogP contribution in [-0.4, -0.2) is 20.3 Å². The van der Waals surface area contributed by atoms with Crippen LogP contribution in [0.3, 0.4) is 0 Å². The lowest BCUT2D eigenvalue weighted by atomic mass is 9.79. The zero-order chi connectivity index (χ0) is 21.1. The summed E-state index contributed by atoms with van der Waals surface area (Å²) in [6.07, 6.45) is 3.54. The lowest BCUT2D eigenvalue weighted by molar-refractivity contribution is 0.443. The van der Waals surface area contributed by atoms with Gasteiger partial charge in [0.2, 0.25) is 0 Å². The third-order valence-corrected chi connectivity index (χ3v) is 6.08. The molecule has 0 atom stereocenters. The molecular formula is C24H32AlN2O. The molecule has 1 radical (unpaired) electrons. The Balaban J connectivity index is 2.74. The van der Waals surface area contributed by atoms with Crippen LogP contribution in [0.4, 0.5) is 0 Å². The van der Waals surface area contributed by atoms with E-state index in [0.29, 0.717) is 10.3 Å². The maximum atomic E-state index is 11.1. The molecule has 0 spiro atoms. The third kappa shape index (κ3) is 5.44. The Morgan fingerprint density at radius 2 is 1.57 bits per heavy atom. The lowest BCUT2D eigenvalue weighted by Crippen LogP contribution is -2.17. The summed E-state index contributed by atoms with van der Waals surface area (Å²) in [5.41, 5.74) is 15.6. The minimum absolute atomic E-state index is 0.0216. The molecule has 2 rings (SSSR count). The Bertz CT molecular complexity index is 885. The minimum atomic E-state index is -0.355. The van der Waals surface area contributed by atoms with Crippen molar-refractivity contribution < 1.29 is 5.11 Å². The Labute approximate surface area is 175 Å². The summed E-state index contributed by atoms with van der Waals surface area (Å²) in [6.45, 7) is 13.0. The second-order valence-corrected chi connectivity index (χ2v) is 10.8. The van der Waals surface area contributed by atoms with Gasteiger partial charge in [-0.1, -0.05) is 88.6 Å². The van der Waals surface area contributed by atoms with Crippen LogP contribution in [0, 0.1) is 0 Å². The van der Waals surface area contributed by atoms with Gasteiger partial charge in [0.1, 0.15) is 5.75 Å². The highest BCUT2D eigenvalue weighted by atomic mass is 27.1. The van der Waals surface area contributed by atoms with Crippen LogP contribution >= 0.6 is 0 Å². The predicted molar refractivity (Wildman–Crippen MR) is 122 cm³/mol. The summed E-state index contributed by atoms with van der Waals surface area (Å²) in [7, 11) is 0. The molecule has 0 saturated heterocycles. The van der Waals surface area contributed by atoms with Gasteiger partial charge in [-0.05, 0) is 34.2 Å². The summed E-state index contributed by atoms with van der Waals surface area (Å²) in [5, 5.41) is 11.1. The Hall–Kier alpha value is -2.15. The zero-order valence-electron chi connectivity index (χ0n) is 17.9. The fourth-order valence-electron chi connectivity index (χ4n) is 3.01. The third-order valence-electron chi connectivity index (χ3n) is 4.75. The number of aromatic hydroxyl groups is 1. The summed E-state index contributed by atoms with van der Waals surface area (Å²) in [6, 6.07) is 14.4. The first-order valence-electron chi connectivity index (χ1n) is 9.60. The van der Waals surface area contributed by atoms with Gasteiger partial charge in [-0.3, -0.25) is 0 Å². The van der Waals surface area contributed by atoms with E-state index in [4.69, 9.17) is 11.5 Å². The van der Waals surface area contributed by atoms with Crippen LogP contribution < -0.4 is 11.5 Å². The van der Waals surface area contributed by atoms with Crippen molar-refractivity contribution in [3.8, 4) is 5.75 Å². The second kappa shape index (κ2) is 8.47. The standard InChI is InChI=1S/C22H27O.C2H5N2.Al/c1-21(2,3)18-14-17(13-12-16-10-8-7-9-11-16)20(23)19(15-18)22(4,5)6;3-1-2-4;/h7-11,13-15,23H,1-6H3;1H,3-4H2;. The largest absolute Gasteiger partial charge is 0.507 e. The van der Waals surface area contributed by atoms with E-state index in [1.807, 2.05) is 18.2 Å². The van der Waals surface area contributed by atoms with Gasteiger partial charge >= 0.3 is 15.2 Å². The van der Waals surface area contributed by atoms with Crippen LogP contribution in [-0.2, 0) is 10.8 Å². The molecular weight excluding hydrogens is 359 g/mol. The second-order valence-electron chi connectivity index (χ2n) is 9.24. The quantitative estimate of drug-likeness (QED) is 0.512. The average Bonchev–Trinajstić information content (AvgIpc) is 2.61. The van der Waals surface area contributed by atoms with Gasteiger partial charge in [0, 0.05) is 11.1 Å². The maximum Gasteiger partial charge on any atom is 0.328 e. The SMILES string of the molecule is CC(C)(C)c1cc(C=[C]([Al][C](N)=CN)c2ccccc2)c(O)c(C(C)(C)C)c1. The number of benzene rings is 2. The van der Waals surface area contributed by atoms with E-state index in [0.717, 1.165) is 21.1 Å². The number of rotatable bonds is 4. The van der Waals surface area contributed by atoms with Crippen molar-refractivity contribution in [2.24, 2.45) is 11.5 Å². The average molecular weight is 392 g/mol. The van der Waals surface area contributed by atoms with Gasteiger partial charge in [-0.25, -0.2) is 0 Å². The minimum Gasteiger partial charge on any atom is -0.507 e. The first-order valence-corrected chi connectivity index (χ1v) is 10.8. The maximum absolute atomic E-state index is 11.1. The van der Waals surface area contributed by atoms with E-state index >= 15 is 0 Å². The zero-order valence-corrected chi connectivity index (χ0v) is 19.0. The highest BCUT2D eigenvalue weighted by molar-refractivity contribution is 6.68. The first kappa shape index (κ1) is 22.1. The molecule has 2 aromatic carbocycles. The summed E-state index contributed by atoms with van der Waals surface area (Å²) < 4.78 is 1.78. The molecule has 0 aliphatic rings. The molecule has 5 N–H and O–H groups in total. The summed E-state index contributed by atoms with van der Waals surface area (Å²) in [5.74, 6) is 0.337. The van der Waals surface area contributed by atoms with Crippen molar-refractivity contribution in [1.29, 1.82) is 0 Å². The molecule has 28 heavy (non-hydrogen) atoms. The van der Waals surface area contributed by atoms with Gasteiger partial charge in [0.25, 0.3) is 0 Å². The van der Waals surface area contributed by atoms with Crippen molar-refractivity contribution in [3.63, 3.8) is 0 Å². The topological polar surface area (TPSA) is 72.3 Å². The number of phenols is 1. The molecule has 147 valence electrons. The van der Waals surface area contributed by atoms with Crippen molar-refractivity contribution >= 4 is 25.7 Å². The summed E-state index contributed by atoms with van der Waals surface area (Å²) in [4.78, 5) is 0. The van der Waals surface area contributed by atoms with E-state index in [1.54, 1.807) is 0 Å². The summed E-state index contributed by atoms with van der Waals surface area (Å²) >= 11 is -0.355. The molecule has 0 aromatic heterocycles. The Kier molecular flexibility index (Phi) is 6.70. The molecule has 0 fully saturated rings. The van der Waals surface area contributed by atoms with Crippen molar-refractivity contribution in [2.75, 3.05) is 0 Å². The number of hydrogen-bond donors (Lipinski definition) is 3. The molecule has 0 bridgehead atoms. The Morgan fingerprint density at radius 1 is 0.964 bits per heavy atom. The molecule has 0 amide bonds. The smallest absolute Gasteiger partial charge is 0.328 e. The molecule has 0 unspecified atom stereocenters. The Morgan fingerprint density at radius 3 is 2.07 bits per heavy atom. The van der Waals surface area contributed by atoms with Gasteiger partial charge in [0.05, 0.1) is 0 Å². The van der Waals surface area contributed by atoms with Crippen LogP contribution in [0.2, 0.25) is 0 Å². The predicted octanol–water partition coefficient (Wildman–Crippen LogP) is 4.91. The van der Waals surface area contributed by atoms with Crippen LogP contribution in [0.1, 0.15) is 63.8 Å². The van der Waals surface area contributed by atoms with Gasteiger partial charge in [0.15, 0.2) is 0 Å².